The number of likely N-dealkylation sites (tertiary alicyclic amines) is 1. The number of hydrogen-bond donors (Lipinski definition) is 1. The highest BCUT2D eigenvalue weighted by atomic mass is 16.4. The topological polar surface area (TPSA) is 40.5 Å². The summed E-state index contributed by atoms with van der Waals surface area (Å²) in [4.78, 5) is 14.8. The van der Waals surface area contributed by atoms with Gasteiger partial charge in [-0.2, -0.15) is 0 Å². The highest BCUT2D eigenvalue weighted by Crippen LogP contribution is 2.35. The monoisotopic (exact) mass is 564 g/mol. The third kappa shape index (κ3) is 18.8. The summed E-state index contributed by atoms with van der Waals surface area (Å²) in [5.74, 6) is -0.551. The molecule has 3 nitrogen and oxygen atoms in total. The van der Waals surface area contributed by atoms with E-state index in [1.807, 2.05) is 0 Å². The molecule has 0 aromatic carbocycles. The number of nitrogens with zero attached hydrogens (tertiary/aromatic N) is 1. The van der Waals surface area contributed by atoms with Gasteiger partial charge in [0.1, 0.15) is 5.54 Å². The maximum atomic E-state index is 12.4. The number of aliphatic carboxylic acids is 1. The quantitative estimate of drug-likeness (QED) is 0.0853. The first-order valence-corrected chi connectivity index (χ1v) is 18.7. The number of carbonyl (C=O) groups is 1. The minimum Gasteiger partial charge on any atom is -0.480 e. The Morgan fingerprint density at radius 1 is 0.525 bits per heavy atom. The van der Waals surface area contributed by atoms with Gasteiger partial charge in [-0.05, 0) is 38.8 Å². The van der Waals surface area contributed by atoms with Gasteiger partial charge >= 0.3 is 5.97 Å². The predicted molar refractivity (Wildman–Crippen MR) is 176 cm³/mol. The molecule has 0 bridgehead atoms. The van der Waals surface area contributed by atoms with Crippen molar-refractivity contribution in [2.45, 2.75) is 218 Å². The van der Waals surface area contributed by atoms with E-state index >= 15 is 0 Å². The number of carboxylic acids is 1. The molecule has 0 spiro atoms. The van der Waals surface area contributed by atoms with Crippen LogP contribution in [-0.2, 0) is 4.79 Å². The van der Waals surface area contributed by atoms with E-state index in [1.54, 1.807) is 0 Å². The zero-order valence-electron chi connectivity index (χ0n) is 27.6. The second-order valence-corrected chi connectivity index (χ2v) is 13.4. The van der Waals surface area contributed by atoms with E-state index in [-0.39, 0.29) is 0 Å². The zero-order chi connectivity index (χ0) is 29.0. The van der Waals surface area contributed by atoms with Crippen molar-refractivity contribution in [1.82, 2.24) is 4.90 Å². The average Bonchev–Trinajstić information content (AvgIpc) is 3.37. The molecule has 0 radical (unpaired) electrons. The van der Waals surface area contributed by atoms with E-state index in [4.69, 9.17) is 0 Å². The first kappa shape index (κ1) is 37.5. The summed E-state index contributed by atoms with van der Waals surface area (Å²) in [6, 6.07) is 0. The molecular weight excluding hydrogens is 490 g/mol. The van der Waals surface area contributed by atoms with Crippen LogP contribution in [0, 0.1) is 0 Å². The summed E-state index contributed by atoms with van der Waals surface area (Å²) >= 11 is 0. The Morgan fingerprint density at radius 2 is 0.850 bits per heavy atom. The smallest absolute Gasteiger partial charge is 0.324 e. The Balaban J connectivity index is 2.02. The molecule has 0 unspecified atom stereocenters. The van der Waals surface area contributed by atoms with Crippen LogP contribution >= 0.6 is 0 Å². The normalized spacial score (nSPS) is 17.6. The molecule has 238 valence electrons. The van der Waals surface area contributed by atoms with Crippen molar-refractivity contribution >= 4 is 5.97 Å². The number of rotatable bonds is 31. The second-order valence-electron chi connectivity index (χ2n) is 13.4. The molecule has 1 heterocycles. The molecule has 1 aliphatic heterocycles. The summed E-state index contributed by atoms with van der Waals surface area (Å²) in [7, 11) is 0. The minimum absolute atomic E-state index is 0.551. The van der Waals surface area contributed by atoms with Gasteiger partial charge in [-0.15, -0.1) is 0 Å². The SMILES string of the molecule is CCCCCCCCCCCCCCCCN1CCC[C@@]1(CCCCCCCCCCCCCCCC)C(=O)O. The van der Waals surface area contributed by atoms with Crippen LogP contribution in [0.5, 0.6) is 0 Å². The maximum Gasteiger partial charge on any atom is 0.324 e. The lowest BCUT2D eigenvalue weighted by Gasteiger charge is -2.35. The number of hydrogen-bond acceptors (Lipinski definition) is 2. The van der Waals surface area contributed by atoms with Crippen LogP contribution < -0.4 is 0 Å². The minimum atomic E-state index is -0.562. The van der Waals surface area contributed by atoms with Crippen molar-refractivity contribution in [2.75, 3.05) is 13.1 Å². The van der Waals surface area contributed by atoms with Crippen LogP contribution in [0.3, 0.4) is 0 Å². The molecule has 40 heavy (non-hydrogen) atoms. The van der Waals surface area contributed by atoms with Gasteiger partial charge in [0.15, 0.2) is 0 Å². The molecule has 1 atom stereocenters. The standard InChI is InChI=1S/C37H73NO2/c1-3-5-7-9-11-13-15-17-19-21-23-25-27-29-32-37(36(39)40)33-31-35-38(37)34-30-28-26-24-22-20-18-16-14-12-10-8-6-4-2/h3-35H2,1-2H3,(H,39,40)/t37-/m0/s1. The second kappa shape index (κ2) is 27.3. The Labute approximate surface area is 252 Å². The Kier molecular flexibility index (Phi) is 25.5. The molecule has 1 fully saturated rings. The van der Waals surface area contributed by atoms with E-state index in [0.717, 1.165) is 38.8 Å². The highest BCUT2D eigenvalue weighted by molar-refractivity contribution is 5.79. The molecule has 1 N–H and O–H groups in total. The van der Waals surface area contributed by atoms with E-state index in [0.29, 0.717) is 0 Å². The van der Waals surface area contributed by atoms with Gasteiger partial charge in [0.05, 0.1) is 0 Å². The fourth-order valence-electron chi connectivity index (χ4n) is 7.00. The van der Waals surface area contributed by atoms with Crippen molar-refractivity contribution in [1.29, 1.82) is 0 Å². The molecule has 0 amide bonds. The summed E-state index contributed by atoms with van der Waals surface area (Å²) < 4.78 is 0. The van der Waals surface area contributed by atoms with Gasteiger partial charge in [-0.3, -0.25) is 9.69 Å². The van der Waals surface area contributed by atoms with Crippen LogP contribution in [0.1, 0.15) is 213 Å². The van der Waals surface area contributed by atoms with Crippen LogP contribution in [0.15, 0.2) is 0 Å². The fourth-order valence-corrected chi connectivity index (χ4v) is 7.00. The van der Waals surface area contributed by atoms with Crippen molar-refractivity contribution in [3.05, 3.63) is 0 Å². The lowest BCUT2D eigenvalue weighted by molar-refractivity contribution is -0.150. The van der Waals surface area contributed by atoms with Gasteiger partial charge in [0.25, 0.3) is 0 Å². The van der Waals surface area contributed by atoms with Gasteiger partial charge in [0.2, 0.25) is 0 Å². The zero-order valence-corrected chi connectivity index (χ0v) is 27.6. The highest BCUT2D eigenvalue weighted by Gasteiger charge is 2.46. The molecule has 0 saturated carbocycles. The molecular formula is C37H73NO2. The van der Waals surface area contributed by atoms with Crippen molar-refractivity contribution in [3.8, 4) is 0 Å². The largest absolute Gasteiger partial charge is 0.480 e. The van der Waals surface area contributed by atoms with Crippen LogP contribution in [0.4, 0.5) is 0 Å². The Hall–Kier alpha value is -0.570. The molecule has 3 heteroatoms. The van der Waals surface area contributed by atoms with Crippen LogP contribution in [0.25, 0.3) is 0 Å². The molecule has 0 aromatic heterocycles. The van der Waals surface area contributed by atoms with Crippen molar-refractivity contribution in [3.63, 3.8) is 0 Å². The molecule has 1 aliphatic rings. The lowest BCUT2D eigenvalue weighted by Crippen LogP contribution is -2.50. The van der Waals surface area contributed by atoms with E-state index < -0.39 is 11.5 Å². The molecule has 0 aromatic rings. The molecule has 0 aliphatic carbocycles. The number of carboxylic acid groups (broad SMARTS) is 1. The summed E-state index contributed by atoms with van der Waals surface area (Å²) in [5, 5.41) is 10.2. The van der Waals surface area contributed by atoms with Crippen molar-refractivity contribution < 1.29 is 9.90 Å². The van der Waals surface area contributed by atoms with Gasteiger partial charge < -0.3 is 5.11 Å². The van der Waals surface area contributed by atoms with Crippen molar-refractivity contribution in [2.24, 2.45) is 0 Å². The third-order valence-corrected chi connectivity index (χ3v) is 9.75. The summed E-state index contributed by atoms with van der Waals surface area (Å²) in [6.07, 6.45) is 41.0. The summed E-state index contributed by atoms with van der Waals surface area (Å²) in [5.41, 5.74) is -0.562. The molecule has 1 saturated heterocycles. The Bertz CT molecular complexity index is 550. The molecule has 1 rings (SSSR count). The first-order chi connectivity index (χ1) is 19.7. The van der Waals surface area contributed by atoms with E-state index in [1.165, 1.54) is 173 Å². The van der Waals surface area contributed by atoms with Crippen LogP contribution in [-0.4, -0.2) is 34.6 Å². The lowest BCUT2D eigenvalue weighted by atomic mass is 9.88. The van der Waals surface area contributed by atoms with Gasteiger partial charge in [-0.1, -0.05) is 187 Å². The van der Waals surface area contributed by atoms with Gasteiger partial charge in [0, 0.05) is 0 Å². The summed E-state index contributed by atoms with van der Waals surface area (Å²) in [6.45, 7) is 6.56. The number of unbranched alkanes of at least 4 members (excludes halogenated alkanes) is 26. The van der Waals surface area contributed by atoms with Gasteiger partial charge in [-0.25, -0.2) is 0 Å². The maximum absolute atomic E-state index is 12.4. The Morgan fingerprint density at radius 3 is 1.20 bits per heavy atom. The fraction of sp³-hybridized carbons (Fsp3) is 0.973. The van der Waals surface area contributed by atoms with E-state index in [9.17, 15) is 9.90 Å². The van der Waals surface area contributed by atoms with Crippen LogP contribution in [0.2, 0.25) is 0 Å². The predicted octanol–water partition coefficient (Wildman–Crippen LogP) is 12.3. The van der Waals surface area contributed by atoms with E-state index in [2.05, 4.69) is 18.7 Å². The first-order valence-electron chi connectivity index (χ1n) is 18.7. The average molecular weight is 564 g/mol. The third-order valence-electron chi connectivity index (χ3n) is 9.75.